The number of fused-ring (bicyclic) bond motifs is 7. The zero-order chi connectivity index (χ0) is 44.4. The van der Waals surface area contributed by atoms with Gasteiger partial charge in [0, 0.05) is 49.8 Å². The summed E-state index contributed by atoms with van der Waals surface area (Å²) in [6, 6.07) is 31.4. The van der Waals surface area contributed by atoms with Crippen LogP contribution in [-0.4, -0.2) is 25.6 Å². The topological polar surface area (TPSA) is 51.6 Å². The van der Waals surface area contributed by atoms with Crippen LogP contribution < -0.4 is 10.4 Å². The fourth-order valence-electron chi connectivity index (χ4n) is 10.5. The molecule has 11 rings (SSSR count). The van der Waals surface area contributed by atoms with E-state index in [1.165, 1.54) is 70.7 Å². The van der Waals surface area contributed by atoms with Crippen molar-refractivity contribution in [2.75, 3.05) is 0 Å². The molecule has 0 saturated carbocycles. The second kappa shape index (κ2) is 17.9. The first-order valence-electron chi connectivity index (χ1n) is 23.0. The Morgan fingerprint density at radius 3 is 1.35 bits per heavy atom. The molecular weight excluding hydrogens is 939 g/mol. The highest BCUT2D eigenvalue weighted by Gasteiger charge is 2.50. The Balaban J connectivity index is 1.10. The minimum absolute atomic E-state index is 0.263. The monoisotopic (exact) mass is 986 g/mol. The molecule has 65 heavy (non-hydrogen) atoms. The second-order valence-electron chi connectivity index (χ2n) is 17.8. The summed E-state index contributed by atoms with van der Waals surface area (Å²) < 4.78 is 55.3. The lowest BCUT2D eigenvalue weighted by atomic mass is 10.0. The molecule has 0 N–H and O–H groups in total. The van der Waals surface area contributed by atoms with E-state index < -0.39 is 8.07 Å². The Kier molecular flexibility index (Phi) is 11.9. The standard InChI is InChI=1S/C52H48F2N4S6Si/c1-5-9-15-29(7-3)27-65(28-30(8-4)16-10-6-2)43-25-39(33-23-35(53)45(49-47(33)55-63-57-49)41-21-31-17-11-13-19-37(31)59-41)61-51(43)52-44(65)26-40(62-52)34-24-36(54)46(50-48(34)56-64-58-50)42-22-32-18-12-14-20-38(32)60-42/h11-14,17-26,29-30H,5-10,15-16,27-28H2,1-4H3. The highest BCUT2D eigenvalue weighted by Crippen LogP contribution is 2.52. The molecule has 0 radical (unpaired) electrons. The molecule has 13 heteroatoms. The van der Waals surface area contributed by atoms with E-state index in [0.717, 1.165) is 98.1 Å². The number of hydrogen-bond donors (Lipinski definition) is 0. The lowest BCUT2D eigenvalue weighted by molar-refractivity contribution is 0.469. The molecule has 1 aliphatic heterocycles. The van der Waals surface area contributed by atoms with Crippen molar-refractivity contribution >= 4 is 129 Å². The molecule has 4 nitrogen and oxygen atoms in total. The maximum Gasteiger partial charge on any atom is 0.134 e. The third-order valence-corrected chi connectivity index (χ3v) is 25.5. The van der Waals surface area contributed by atoms with Crippen LogP contribution in [0.25, 0.3) is 93.8 Å². The fourth-order valence-corrected chi connectivity index (χ4v) is 24.3. The smallest absolute Gasteiger partial charge is 0.134 e. The Bertz CT molecular complexity index is 3080. The summed E-state index contributed by atoms with van der Waals surface area (Å²) in [6.07, 6.45) is 9.54. The first kappa shape index (κ1) is 43.5. The lowest BCUT2D eigenvalue weighted by Gasteiger charge is -2.35. The van der Waals surface area contributed by atoms with Gasteiger partial charge >= 0.3 is 0 Å². The van der Waals surface area contributed by atoms with Crippen molar-refractivity contribution in [3.8, 4) is 51.5 Å². The molecule has 0 bridgehead atoms. The number of thiophene rings is 4. The van der Waals surface area contributed by atoms with Crippen molar-refractivity contribution in [2.45, 2.75) is 91.1 Å². The summed E-state index contributed by atoms with van der Waals surface area (Å²) in [4.78, 5) is 6.48. The van der Waals surface area contributed by atoms with E-state index in [-0.39, 0.29) is 11.6 Å². The van der Waals surface area contributed by atoms with Crippen LogP contribution in [0.2, 0.25) is 12.1 Å². The van der Waals surface area contributed by atoms with Gasteiger partial charge in [-0.25, -0.2) is 8.78 Å². The van der Waals surface area contributed by atoms with Gasteiger partial charge in [0.05, 0.1) is 34.6 Å². The zero-order valence-electron chi connectivity index (χ0n) is 36.8. The quantitative estimate of drug-likeness (QED) is 0.0905. The van der Waals surface area contributed by atoms with E-state index in [1.807, 2.05) is 24.3 Å². The largest absolute Gasteiger partial charge is 0.206 e. The van der Waals surface area contributed by atoms with E-state index in [2.05, 4.69) is 76.2 Å². The minimum Gasteiger partial charge on any atom is -0.206 e. The maximum absolute atomic E-state index is 16.9. The van der Waals surface area contributed by atoms with E-state index in [0.29, 0.717) is 34.0 Å². The molecule has 0 aliphatic carbocycles. The minimum atomic E-state index is -2.49. The molecule has 330 valence electrons. The van der Waals surface area contributed by atoms with Crippen molar-refractivity contribution in [3.05, 3.63) is 96.6 Å². The molecule has 10 aromatic rings. The van der Waals surface area contributed by atoms with Crippen molar-refractivity contribution in [1.82, 2.24) is 17.5 Å². The number of nitrogens with zero attached hydrogens (tertiary/aromatic N) is 4. The van der Waals surface area contributed by atoms with Crippen LogP contribution in [0.5, 0.6) is 0 Å². The Morgan fingerprint density at radius 1 is 0.508 bits per heavy atom. The molecule has 0 saturated heterocycles. The molecule has 7 heterocycles. The van der Waals surface area contributed by atoms with Gasteiger partial charge in [0.2, 0.25) is 0 Å². The van der Waals surface area contributed by atoms with Gasteiger partial charge in [0.25, 0.3) is 0 Å². The highest BCUT2D eigenvalue weighted by molar-refractivity contribution is 7.32. The van der Waals surface area contributed by atoms with Crippen LogP contribution >= 0.6 is 68.8 Å². The van der Waals surface area contributed by atoms with Crippen LogP contribution in [0.4, 0.5) is 8.78 Å². The van der Waals surface area contributed by atoms with Gasteiger partial charge in [-0.2, -0.15) is 17.5 Å². The van der Waals surface area contributed by atoms with Crippen LogP contribution in [-0.2, 0) is 0 Å². The predicted octanol–water partition coefficient (Wildman–Crippen LogP) is 17.2. The molecule has 0 amide bonds. The molecule has 6 aromatic heterocycles. The van der Waals surface area contributed by atoms with E-state index in [4.69, 9.17) is 17.5 Å². The van der Waals surface area contributed by atoms with Gasteiger partial charge in [-0.15, -0.1) is 45.3 Å². The average Bonchev–Trinajstić information content (AvgIpc) is 4.18. The van der Waals surface area contributed by atoms with Gasteiger partial charge in [-0.05, 0) is 93.6 Å². The van der Waals surface area contributed by atoms with Gasteiger partial charge in [-0.1, -0.05) is 115 Å². The normalized spacial score (nSPS) is 14.3. The molecule has 0 fully saturated rings. The summed E-state index contributed by atoms with van der Waals surface area (Å²) in [5.41, 5.74) is 5.50. The fraction of sp³-hybridized carbons (Fsp3) is 0.308. The molecule has 1 aliphatic rings. The van der Waals surface area contributed by atoms with Crippen molar-refractivity contribution in [2.24, 2.45) is 11.8 Å². The number of hydrogen-bond acceptors (Lipinski definition) is 10. The van der Waals surface area contributed by atoms with Crippen LogP contribution in [0.1, 0.15) is 79.1 Å². The summed E-state index contributed by atoms with van der Waals surface area (Å²) in [7, 11) is -2.49. The Morgan fingerprint density at radius 2 is 0.938 bits per heavy atom. The first-order valence-corrected chi connectivity index (χ1v) is 30.1. The molecule has 2 atom stereocenters. The second-order valence-corrected chi connectivity index (χ2v) is 27.2. The maximum atomic E-state index is 16.9. The third kappa shape index (κ3) is 7.48. The molecule has 2 unspecified atom stereocenters. The number of halogens is 2. The lowest BCUT2D eigenvalue weighted by Crippen LogP contribution is -2.56. The molecule has 0 spiro atoms. The van der Waals surface area contributed by atoms with Crippen molar-refractivity contribution in [1.29, 1.82) is 0 Å². The van der Waals surface area contributed by atoms with Gasteiger partial charge in [0.1, 0.15) is 41.8 Å². The van der Waals surface area contributed by atoms with Gasteiger partial charge in [0.15, 0.2) is 0 Å². The van der Waals surface area contributed by atoms with Crippen molar-refractivity contribution < 1.29 is 8.78 Å². The molecule has 4 aromatic carbocycles. The first-order chi connectivity index (χ1) is 31.8. The number of aromatic nitrogens is 4. The summed E-state index contributed by atoms with van der Waals surface area (Å²) in [6.45, 7) is 9.37. The predicted molar refractivity (Wildman–Crippen MR) is 283 cm³/mol. The molecular formula is C52H48F2N4S6Si. The van der Waals surface area contributed by atoms with Crippen LogP contribution in [0.3, 0.4) is 0 Å². The summed E-state index contributed by atoms with van der Waals surface area (Å²) in [5.74, 6) is 0.661. The summed E-state index contributed by atoms with van der Waals surface area (Å²) in [5, 5.41) is 5.22. The van der Waals surface area contributed by atoms with E-state index >= 15 is 8.78 Å². The zero-order valence-corrected chi connectivity index (χ0v) is 42.7. The van der Waals surface area contributed by atoms with Crippen LogP contribution in [0.15, 0.2) is 84.9 Å². The Labute approximate surface area is 403 Å². The van der Waals surface area contributed by atoms with E-state index in [9.17, 15) is 0 Å². The average molecular weight is 987 g/mol. The van der Waals surface area contributed by atoms with Gasteiger partial charge in [-0.3, -0.25) is 0 Å². The number of benzene rings is 4. The van der Waals surface area contributed by atoms with Gasteiger partial charge < -0.3 is 0 Å². The number of rotatable bonds is 16. The van der Waals surface area contributed by atoms with E-state index in [1.54, 1.807) is 57.5 Å². The van der Waals surface area contributed by atoms with Crippen molar-refractivity contribution in [3.63, 3.8) is 0 Å². The number of unbranched alkanes of at least 4 members (excludes halogenated alkanes) is 2. The summed E-state index contributed by atoms with van der Waals surface area (Å²) >= 11 is 9.11. The SMILES string of the molecule is CCCCC(CC)C[Si]1(CC(CC)CCCC)c2cc(-c3cc(F)c(-c4cc5ccccc5s4)c4nsnc34)sc2-c2sc(-c3cc(F)c(-c4cc5ccccc5s4)c4nsnc34)cc21. The third-order valence-electron chi connectivity index (χ3n) is 13.9. The highest BCUT2D eigenvalue weighted by atomic mass is 32.1. The van der Waals surface area contributed by atoms with Crippen LogP contribution in [0, 0.1) is 23.5 Å². The Hall–Kier alpha value is -4.08.